The molecule has 0 unspecified atom stereocenters. The van der Waals surface area contributed by atoms with Crippen LogP contribution in [0, 0.1) is 0 Å². The van der Waals surface area contributed by atoms with E-state index in [1.807, 2.05) is 36.4 Å². The second-order valence-corrected chi connectivity index (χ2v) is 5.43. The van der Waals surface area contributed by atoms with Gasteiger partial charge < -0.3 is 0 Å². The van der Waals surface area contributed by atoms with Crippen LogP contribution >= 0.6 is 36.5 Å². The number of hydrogen-bond donors (Lipinski definition) is 1. The Morgan fingerprint density at radius 1 is 0.750 bits per heavy atom. The highest BCUT2D eigenvalue weighted by atomic mass is 32.2. The Bertz CT molecular complexity index is 451. The van der Waals surface area contributed by atoms with Crippen LogP contribution in [0.4, 0.5) is 3.89 Å². The average molecular weight is 268 g/mol. The Hall–Kier alpha value is -0.580. The maximum Gasteiger partial charge on any atom is 0.0812 e. The first-order valence-corrected chi connectivity index (χ1v) is 6.61. The lowest BCUT2D eigenvalue weighted by atomic mass is 10.4. The molecule has 2 rings (SSSR count). The maximum atomic E-state index is 12.2. The molecule has 0 aliphatic carbocycles. The summed E-state index contributed by atoms with van der Waals surface area (Å²) in [7, 11) is 0. The lowest BCUT2D eigenvalue weighted by Gasteiger charge is -2.02. The van der Waals surface area contributed by atoms with Gasteiger partial charge in [0.2, 0.25) is 0 Å². The van der Waals surface area contributed by atoms with Gasteiger partial charge in [0.25, 0.3) is 0 Å². The summed E-state index contributed by atoms with van der Waals surface area (Å²) in [5, 5.41) is 0. The molecular formula is C12H9FS3. The minimum atomic E-state index is 0.266. The quantitative estimate of drug-likeness (QED) is 0.769. The van der Waals surface area contributed by atoms with Gasteiger partial charge in [-0.15, -0.1) is 12.6 Å². The fraction of sp³-hybridized carbons (Fsp3) is 0. The Balaban J connectivity index is 2.11. The minimum Gasteiger partial charge on any atom is -0.160 e. The van der Waals surface area contributed by atoms with E-state index in [1.54, 1.807) is 23.9 Å². The van der Waals surface area contributed by atoms with Crippen LogP contribution in [-0.4, -0.2) is 0 Å². The van der Waals surface area contributed by atoms with Gasteiger partial charge in [-0.05, 0) is 48.5 Å². The monoisotopic (exact) mass is 268 g/mol. The summed E-state index contributed by atoms with van der Waals surface area (Å²) in [4.78, 5) is 3.84. The van der Waals surface area contributed by atoms with Crippen molar-refractivity contribution in [1.29, 1.82) is 0 Å². The van der Waals surface area contributed by atoms with Crippen LogP contribution in [0.3, 0.4) is 0 Å². The standard InChI is InChI=1S/C12H9FS3/c13-16-12-7-5-11(6-8-12)15-10-3-1-9(14)2-4-10/h1-8,14H. The molecule has 16 heavy (non-hydrogen) atoms. The lowest BCUT2D eigenvalue weighted by Crippen LogP contribution is -1.74. The van der Waals surface area contributed by atoms with Crippen LogP contribution in [0.2, 0.25) is 0 Å². The van der Waals surface area contributed by atoms with Crippen LogP contribution in [0.15, 0.2) is 68.1 Å². The molecule has 0 bridgehead atoms. The molecule has 0 aliphatic heterocycles. The zero-order chi connectivity index (χ0) is 11.4. The van der Waals surface area contributed by atoms with Crippen molar-refractivity contribution in [2.45, 2.75) is 19.6 Å². The predicted molar refractivity (Wildman–Crippen MR) is 71.2 cm³/mol. The van der Waals surface area contributed by atoms with Gasteiger partial charge in [-0.2, -0.15) is 3.89 Å². The summed E-state index contributed by atoms with van der Waals surface area (Å²) >= 11 is 6.15. The Kier molecular flexibility index (Phi) is 4.21. The molecule has 0 heterocycles. The van der Waals surface area contributed by atoms with Gasteiger partial charge in [-0.25, -0.2) is 0 Å². The molecule has 0 N–H and O–H groups in total. The summed E-state index contributed by atoms with van der Waals surface area (Å²) < 4.78 is 12.2. The van der Waals surface area contributed by atoms with E-state index >= 15 is 0 Å². The molecule has 4 heteroatoms. The molecule has 0 spiro atoms. The largest absolute Gasteiger partial charge is 0.160 e. The zero-order valence-corrected chi connectivity index (χ0v) is 10.8. The van der Waals surface area contributed by atoms with E-state index < -0.39 is 0 Å². The number of rotatable bonds is 3. The highest BCUT2D eigenvalue weighted by Crippen LogP contribution is 2.30. The van der Waals surface area contributed by atoms with E-state index in [-0.39, 0.29) is 12.1 Å². The number of hydrogen-bond acceptors (Lipinski definition) is 3. The van der Waals surface area contributed by atoms with Gasteiger partial charge in [-0.3, -0.25) is 0 Å². The topological polar surface area (TPSA) is 0 Å². The zero-order valence-electron chi connectivity index (χ0n) is 8.26. The average Bonchev–Trinajstić information content (AvgIpc) is 2.33. The van der Waals surface area contributed by atoms with Gasteiger partial charge in [0.1, 0.15) is 0 Å². The van der Waals surface area contributed by atoms with Crippen molar-refractivity contribution in [2.24, 2.45) is 0 Å². The normalized spacial score (nSPS) is 10.4. The van der Waals surface area contributed by atoms with Crippen molar-refractivity contribution in [1.82, 2.24) is 0 Å². The molecule has 0 nitrogen and oxygen atoms in total. The molecule has 0 amide bonds. The molecule has 82 valence electrons. The maximum absolute atomic E-state index is 12.2. The molecule has 0 fully saturated rings. The lowest BCUT2D eigenvalue weighted by molar-refractivity contribution is 0.933. The summed E-state index contributed by atoms with van der Waals surface area (Å²) in [5.41, 5.74) is 0. The fourth-order valence-corrected chi connectivity index (χ4v) is 2.41. The molecule has 0 atom stereocenters. The van der Waals surface area contributed by atoms with Crippen molar-refractivity contribution >= 4 is 36.5 Å². The highest BCUT2D eigenvalue weighted by molar-refractivity contribution is 7.99. The third-order valence-corrected chi connectivity index (χ3v) is 3.75. The summed E-state index contributed by atoms with van der Waals surface area (Å²) in [5.74, 6) is 0. The van der Waals surface area contributed by atoms with Crippen molar-refractivity contribution < 1.29 is 3.89 Å². The SMILES string of the molecule is FSc1ccc(Sc2ccc(S)cc2)cc1. The van der Waals surface area contributed by atoms with E-state index in [4.69, 9.17) is 0 Å². The first-order valence-electron chi connectivity index (χ1n) is 4.63. The molecule has 0 radical (unpaired) electrons. The van der Waals surface area contributed by atoms with Gasteiger partial charge in [-0.1, -0.05) is 11.8 Å². The van der Waals surface area contributed by atoms with Crippen LogP contribution in [0.5, 0.6) is 0 Å². The van der Waals surface area contributed by atoms with E-state index in [9.17, 15) is 3.89 Å². The van der Waals surface area contributed by atoms with Gasteiger partial charge in [0.15, 0.2) is 0 Å². The Labute approximate surface area is 108 Å². The number of halogens is 1. The Morgan fingerprint density at radius 3 is 1.69 bits per heavy atom. The summed E-state index contributed by atoms with van der Waals surface area (Å²) in [6, 6.07) is 15.3. The first kappa shape index (κ1) is 11.9. The van der Waals surface area contributed by atoms with E-state index in [0.717, 1.165) is 14.7 Å². The Morgan fingerprint density at radius 2 is 1.19 bits per heavy atom. The molecular weight excluding hydrogens is 259 g/mol. The minimum absolute atomic E-state index is 0.266. The van der Waals surface area contributed by atoms with E-state index in [0.29, 0.717) is 4.90 Å². The summed E-state index contributed by atoms with van der Waals surface area (Å²) in [6.07, 6.45) is 0. The van der Waals surface area contributed by atoms with Crippen molar-refractivity contribution in [2.75, 3.05) is 0 Å². The van der Waals surface area contributed by atoms with Crippen molar-refractivity contribution in [3.05, 3.63) is 48.5 Å². The molecule has 2 aromatic rings. The smallest absolute Gasteiger partial charge is 0.0812 e. The predicted octanol–water partition coefficient (Wildman–Crippen LogP) is 5.10. The molecule has 0 aliphatic rings. The second-order valence-electron chi connectivity index (χ2n) is 3.14. The van der Waals surface area contributed by atoms with Gasteiger partial charge in [0.05, 0.1) is 12.1 Å². The third-order valence-electron chi connectivity index (χ3n) is 1.99. The molecule has 0 aromatic heterocycles. The van der Waals surface area contributed by atoms with Gasteiger partial charge in [0, 0.05) is 19.6 Å². The third kappa shape index (κ3) is 3.20. The number of benzene rings is 2. The van der Waals surface area contributed by atoms with Crippen LogP contribution in [0.25, 0.3) is 0 Å². The van der Waals surface area contributed by atoms with E-state index in [2.05, 4.69) is 12.6 Å². The molecule has 0 saturated heterocycles. The van der Waals surface area contributed by atoms with Crippen molar-refractivity contribution in [3.8, 4) is 0 Å². The fourth-order valence-electron chi connectivity index (χ4n) is 1.21. The first-order chi connectivity index (χ1) is 7.78. The number of thiol groups is 1. The molecule has 0 saturated carbocycles. The second kappa shape index (κ2) is 5.66. The van der Waals surface area contributed by atoms with Crippen LogP contribution < -0.4 is 0 Å². The van der Waals surface area contributed by atoms with Crippen LogP contribution in [-0.2, 0) is 0 Å². The van der Waals surface area contributed by atoms with Crippen LogP contribution in [0.1, 0.15) is 0 Å². The van der Waals surface area contributed by atoms with Crippen molar-refractivity contribution in [3.63, 3.8) is 0 Å². The summed E-state index contributed by atoms with van der Waals surface area (Å²) in [6.45, 7) is 0. The highest BCUT2D eigenvalue weighted by Gasteiger charge is 1.98. The molecule has 2 aromatic carbocycles. The van der Waals surface area contributed by atoms with E-state index in [1.165, 1.54) is 0 Å². The van der Waals surface area contributed by atoms with Gasteiger partial charge >= 0.3 is 0 Å².